The van der Waals surface area contributed by atoms with E-state index in [1.807, 2.05) is 20.8 Å². The van der Waals surface area contributed by atoms with Crippen molar-refractivity contribution >= 4 is 32.6 Å². The van der Waals surface area contributed by atoms with Gasteiger partial charge < -0.3 is 13.3 Å². The molecule has 0 fully saturated rings. The molecule has 0 bridgehead atoms. The first-order valence-electron chi connectivity index (χ1n) is 11.1. The van der Waals surface area contributed by atoms with E-state index in [-0.39, 0.29) is 0 Å². The fourth-order valence-corrected chi connectivity index (χ4v) is 8.59. The largest absolute Gasteiger partial charge is 0.501 e. The van der Waals surface area contributed by atoms with Crippen LogP contribution in [0.2, 0.25) is 6.04 Å². The molecule has 0 aromatic heterocycles. The zero-order chi connectivity index (χ0) is 21.9. The third-order valence-corrected chi connectivity index (χ3v) is 10.5. The lowest BCUT2D eigenvalue weighted by atomic mass is 10.2. The average Bonchev–Trinajstić information content (AvgIpc) is 2.81. The van der Waals surface area contributed by atoms with Gasteiger partial charge in [-0.1, -0.05) is 84.9 Å². The highest BCUT2D eigenvalue weighted by molar-refractivity contribution is 7.79. The zero-order valence-electron chi connectivity index (χ0n) is 18.8. The molecule has 0 radical (unpaired) electrons. The van der Waals surface area contributed by atoms with E-state index in [4.69, 9.17) is 13.3 Å². The van der Waals surface area contributed by atoms with Crippen molar-refractivity contribution in [2.75, 3.05) is 19.8 Å². The minimum atomic E-state index is -2.61. The van der Waals surface area contributed by atoms with Gasteiger partial charge in [0.15, 0.2) is 0 Å². The Bertz CT molecular complexity index is 831. The second-order valence-corrected chi connectivity index (χ2v) is 12.1. The minimum Gasteiger partial charge on any atom is -0.374 e. The Hall–Kier alpha value is -1.81. The van der Waals surface area contributed by atoms with E-state index in [1.54, 1.807) is 0 Å². The lowest BCUT2D eigenvalue weighted by molar-refractivity contribution is 0.0714. The van der Waals surface area contributed by atoms with Crippen molar-refractivity contribution in [3.05, 3.63) is 90.5 Å². The summed E-state index contributed by atoms with van der Waals surface area (Å²) in [5.41, 5.74) is 1.29. The van der Waals surface area contributed by atoms with Crippen molar-refractivity contribution in [1.82, 2.24) is 0 Å². The summed E-state index contributed by atoms with van der Waals surface area (Å²) in [5.74, 6) is 0. The van der Waals surface area contributed by atoms with Gasteiger partial charge in [0.2, 0.25) is 0 Å². The predicted octanol–water partition coefficient (Wildman–Crippen LogP) is 5.04. The maximum Gasteiger partial charge on any atom is 0.501 e. The summed E-state index contributed by atoms with van der Waals surface area (Å²) in [6.07, 6.45) is 0.890. The molecule has 0 heterocycles. The molecule has 0 atom stereocenters. The SMILES string of the molecule is CCO[Si](CCc1ccc(P(c2ccccc2)c2ccccc2)cc1)(OCC)OCC. The van der Waals surface area contributed by atoms with E-state index < -0.39 is 16.7 Å². The highest BCUT2D eigenvalue weighted by Gasteiger charge is 2.39. The second kappa shape index (κ2) is 12.3. The van der Waals surface area contributed by atoms with Crippen molar-refractivity contribution < 1.29 is 13.3 Å². The molecular formula is C26H33O3PSi. The van der Waals surface area contributed by atoms with Gasteiger partial charge >= 0.3 is 8.80 Å². The third kappa shape index (κ3) is 6.58. The minimum absolute atomic E-state index is 0.573. The van der Waals surface area contributed by atoms with Crippen LogP contribution in [0.1, 0.15) is 26.3 Å². The summed E-state index contributed by atoms with van der Waals surface area (Å²) >= 11 is 0. The van der Waals surface area contributed by atoms with Gasteiger partial charge in [-0.05, 0) is 56.6 Å². The van der Waals surface area contributed by atoms with Gasteiger partial charge in [-0.15, -0.1) is 0 Å². The van der Waals surface area contributed by atoms with Gasteiger partial charge in [-0.25, -0.2) is 0 Å². The Balaban J connectivity index is 1.80. The highest BCUT2D eigenvalue weighted by Crippen LogP contribution is 2.32. The number of aryl methyl sites for hydroxylation is 1. The summed E-state index contributed by atoms with van der Waals surface area (Å²) in [5, 5.41) is 4.10. The molecule has 0 spiro atoms. The summed E-state index contributed by atoms with van der Waals surface area (Å²) in [6, 6.07) is 31.5. The first-order chi connectivity index (χ1) is 15.2. The van der Waals surface area contributed by atoms with Crippen LogP contribution in [-0.4, -0.2) is 28.6 Å². The molecule has 0 unspecified atom stereocenters. The van der Waals surface area contributed by atoms with Crippen LogP contribution in [0.3, 0.4) is 0 Å². The summed E-state index contributed by atoms with van der Waals surface area (Å²) in [6.45, 7) is 7.86. The molecule has 3 rings (SSSR count). The molecule has 0 aliphatic heterocycles. The third-order valence-electron chi connectivity index (χ3n) is 5.04. The molecule has 0 N–H and O–H groups in total. The number of benzene rings is 3. The molecule has 3 aromatic carbocycles. The van der Waals surface area contributed by atoms with Crippen LogP contribution in [0.4, 0.5) is 0 Å². The van der Waals surface area contributed by atoms with Crippen LogP contribution in [0, 0.1) is 0 Å². The van der Waals surface area contributed by atoms with Gasteiger partial charge in [-0.3, -0.25) is 0 Å². The lowest BCUT2D eigenvalue weighted by Gasteiger charge is -2.28. The Morgan fingerprint density at radius 2 is 1.00 bits per heavy atom. The Morgan fingerprint density at radius 3 is 1.42 bits per heavy atom. The molecule has 0 aliphatic rings. The average molecular weight is 453 g/mol. The highest BCUT2D eigenvalue weighted by atomic mass is 31.1. The summed E-state index contributed by atoms with van der Waals surface area (Å²) in [7, 11) is -3.19. The van der Waals surface area contributed by atoms with Gasteiger partial charge in [0.05, 0.1) is 0 Å². The molecule has 31 heavy (non-hydrogen) atoms. The second-order valence-electron chi connectivity index (χ2n) is 7.16. The number of rotatable bonds is 12. The van der Waals surface area contributed by atoms with Crippen molar-refractivity contribution in [3.63, 3.8) is 0 Å². The predicted molar refractivity (Wildman–Crippen MR) is 134 cm³/mol. The van der Waals surface area contributed by atoms with Gasteiger partial charge in [0, 0.05) is 25.9 Å². The first kappa shape index (κ1) is 23.8. The molecule has 3 nitrogen and oxygen atoms in total. The van der Waals surface area contributed by atoms with Crippen molar-refractivity contribution in [3.8, 4) is 0 Å². The summed E-state index contributed by atoms with van der Waals surface area (Å²) in [4.78, 5) is 0. The van der Waals surface area contributed by atoms with Crippen LogP contribution < -0.4 is 15.9 Å². The van der Waals surface area contributed by atoms with Crippen LogP contribution in [0.15, 0.2) is 84.9 Å². The normalized spacial score (nSPS) is 11.7. The first-order valence-corrected chi connectivity index (χ1v) is 14.4. The maximum atomic E-state index is 6.01. The molecule has 0 saturated carbocycles. The van der Waals surface area contributed by atoms with E-state index in [9.17, 15) is 0 Å². The van der Waals surface area contributed by atoms with Gasteiger partial charge in [-0.2, -0.15) is 0 Å². The van der Waals surface area contributed by atoms with Crippen molar-refractivity contribution in [2.24, 2.45) is 0 Å². The van der Waals surface area contributed by atoms with E-state index >= 15 is 0 Å². The van der Waals surface area contributed by atoms with Gasteiger partial charge in [0.25, 0.3) is 0 Å². The summed E-state index contributed by atoms with van der Waals surface area (Å²) < 4.78 is 18.0. The van der Waals surface area contributed by atoms with E-state index in [0.29, 0.717) is 19.8 Å². The van der Waals surface area contributed by atoms with Gasteiger partial charge in [0.1, 0.15) is 0 Å². The monoisotopic (exact) mass is 452 g/mol. The quantitative estimate of drug-likeness (QED) is 0.285. The van der Waals surface area contributed by atoms with E-state index in [0.717, 1.165) is 12.5 Å². The lowest BCUT2D eigenvalue weighted by Crippen LogP contribution is -2.46. The topological polar surface area (TPSA) is 27.7 Å². The molecule has 0 amide bonds. The van der Waals surface area contributed by atoms with Crippen molar-refractivity contribution in [2.45, 2.75) is 33.2 Å². The fraction of sp³-hybridized carbons (Fsp3) is 0.308. The van der Waals surface area contributed by atoms with Crippen molar-refractivity contribution in [1.29, 1.82) is 0 Å². The molecule has 5 heteroatoms. The van der Waals surface area contributed by atoms with Crippen LogP contribution in [-0.2, 0) is 19.7 Å². The molecule has 0 aliphatic carbocycles. The molecular weight excluding hydrogens is 419 g/mol. The Kier molecular flexibility index (Phi) is 9.45. The van der Waals surface area contributed by atoms with E-state index in [1.165, 1.54) is 21.5 Å². The van der Waals surface area contributed by atoms with Crippen LogP contribution in [0.5, 0.6) is 0 Å². The smallest absolute Gasteiger partial charge is 0.374 e. The zero-order valence-corrected chi connectivity index (χ0v) is 20.7. The van der Waals surface area contributed by atoms with E-state index in [2.05, 4.69) is 84.9 Å². The fourth-order valence-electron chi connectivity index (χ4n) is 3.71. The molecule has 164 valence electrons. The van der Waals surface area contributed by atoms with Crippen LogP contribution >= 0.6 is 7.92 Å². The Morgan fingerprint density at radius 1 is 0.581 bits per heavy atom. The maximum absolute atomic E-state index is 6.01. The Labute approximate surface area is 189 Å². The number of hydrogen-bond donors (Lipinski definition) is 0. The molecule has 0 saturated heterocycles. The standard InChI is InChI=1S/C26H33O3PSi/c1-4-27-31(28-5-2,29-6-3)22-21-23-17-19-26(20-18-23)30(24-13-9-7-10-14-24)25-15-11-8-12-16-25/h7-20H,4-6,21-22H2,1-3H3. The number of hydrogen-bond acceptors (Lipinski definition) is 3. The molecule has 3 aromatic rings. The van der Waals surface area contributed by atoms with Crippen LogP contribution in [0.25, 0.3) is 0 Å².